The Morgan fingerprint density at radius 1 is 1.25 bits per heavy atom. The summed E-state index contributed by atoms with van der Waals surface area (Å²) in [6, 6.07) is 9.24. The first kappa shape index (κ1) is 15.3. The SMILES string of the molecule is CNC(c1ccc(OC)cc1)C(C)N1CCCC1(C)C. The van der Waals surface area contributed by atoms with Gasteiger partial charge in [0.1, 0.15) is 5.75 Å². The standard InChI is InChI=1S/C17H28N2O/c1-13(19-12-6-11-17(19,2)3)16(18-4)14-7-9-15(20-5)10-8-14/h7-10,13,16,18H,6,11-12H2,1-5H3. The Kier molecular flexibility index (Phi) is 4.71. The number of rotatable bonds is 5. The Morgan fingerprint density at radius 2 is 1.90 bits per heavy atom. The third kappa shape index (κ3) is 2.99. The lowest BCUT2D eigenvalue weighted by Gasteiger charge is -2.40. The molecule has 2 rings (SSSR count). The van der Waals surface area contributed by atoms with Crippen LogP contribution in [0.4, 0.5) is 0 Å². The molecular weight excluding hydrogens is 248 g/mol. The van der Waals surface area contributed by atoms with E-state index in [9.17, 15) is 0 Å². The van der Waals surface area contributed by atoms with E-state index in [1.807, 2.05) is 12.1 Å². The minimum Gasteiger partial charge on any atom is -0.497 e. The number of methoxy groups -OCH3 is 1. The van der Waals surface area contributed by atoms with Crippen LogP contribution in [0.25, 0.3) is 0 Å². The zero-order valence-corrected chi connectivity index (χ0v) is 13.4. The molecule has 1 saturated heterocycles. The summed E-state index contributed by atoms with van der Waals surface area (Å²) in [5.74, 6) is 0.915. The highest BCUT2D eigenvalue weighted by Crippen LogP contribution is 2.34. The lowest BCUT2D eigenvalue weighted by molar-refractivity contribution is 0.101. The molecule has 1 aliphatic rings. The number of nitrogens with one attached hydrogen (secondary N) is 1. The van der Waals surface area contributed by atoms with Crippen LogP contribution in [-0.2, 0) is 0 Å². The van der Waals surface area contributed by atoms with Crippen molar-refractivity contribution in [2.75, 3.05) is 20.7 Å². The van der Waals surface area contributed by atoms with E-state index < -0.39 is 0 Å². The van der Waals surface area contributed by atoms with E-state index in [1.54, 1.807) is 7.11 Å². The van der Waals surface area contributed by atoms with Gasteiger partial charge in [-0.05, 0) is 64.9 Å². The lowest BCUT2D eigenvalue weighted by atomic mass is 9.95. The largest absolute Gasteiger partial charge is 0.497 e. The highest BCUT2D eigenvalue weighted by molar-refractivity contribution is 5.30. The molecule has 0 spiro atoms. The van der Waals surface area contributed by atoms with Gasteiger partial charge in [-0.2, -0.15) is 0 Å². The zero-order valence-electron chi connectivity index (χ0n) is 13.4. The van der Waals surface area contributed by atoms with Gasteiger partial charge in [0.15, 0.2) is 0 Å². The van der Waals surface area contributed by atoms with Crippen LogP contribution in [0.1, 0.15) is 45.2 Å². The Hall–Kier alpha value is -1.06. The quantitative estimate of drug-likeness (QED) is 0.893. The molecule has 1 aromatic rings. The second-order valence-corrected chi connectivity index (χ2v) is 6.39. The van der Waals surface area contributed by atoms with Crippen LogP contribution >= 0.6 is 0 Å². The van der Waals surface area contributed by atoms with E-state index in [-0.39, 0.29) is 0 Å². The predicted octanol–water partition coefficient (Wildman–Crippen LogP) is 3.22. The summed E-state index contributed by atoms with van der Waals surface area (Å²) >= 11 is 0. The molecule has 0 aliphatic carbocycles. The fourth-order valence-corrected chi connectivity index (χ4v) is 3.56. The second-order valence-electron chi connectivity index (χ2n) is 6.39. The maximum atomic E-state index is 5.25. The minimum atomic E-state index is 0.307. The van der Waals surface area contributed by atoms with Gasteiger partial charge in [0, 0.05) is 17.6 Å². The molecule has 1 heterocycles. The van der Waals surface area contributed by atoms with Gasteiger partial charge in [-0.1, -0.05) is 12.1 Å². The van der Waals surface area contributed by atoms with Crippen molar-refractivity contribution in [3.8, 4) is 5.75 Å². The molecule has 20 heavy (non-hydrogen) atoms. The number of hydrogen-bond acceptors (Lipinski definition) is 3. The summed E-state index contributed by atoms with van der Waals surface area (Å²) in [5, 5.41) is 3.49. The van der Waals surface area contributed by atoms with Crippen molar-refractivity contribution < 1.29 is 4.74 Å². The van der Waals surface area contributed by atoms with Gasteiger partial charge in [-0.25, -0.2) is 0 Å². The summed E-state index contributed by atoms with van der Waals surface area (Å²) in [7, 11) is 3.76. The predicted molar refractivity (Wildman–Crippen MR) is 84.3 cm³/mol. The Labute approximate surface area is 123 Å². The van der Waals surface area contributed by atoms with E-state index in [0.29, 0.717) is 17.6 Å². The van der Waals surface area contributed by atoms with Crippen LogP contribution in [0, 0.1) is 0 Å². The topological polar surface area (TPSA) is 24.5 Å². The average molecular weight is 276 g/mol. The number of benzene rings is 1. The third-order valence-corrected chi connectivity index (χ3v) is 4.73. The summed E-state index contributed by atoms with van der Waals surface area (Å²) in [4.78, 5) is 2.64. The van der Waals surface area contributed by atoms with Crippen molar-refractivity contribution in [1.29, 1.82) is 0 Å². The lowest BCUT2D eigenvalue weighted by Crippen LogP contribution is -2.49. The molecule has 1 aromatic carbocycles. The molecule has 3 nitrogen and oxygen atoms in total. The monoisotopic (exact) mass is 276 g/mol. The van der Waals surface area contributed by atoms with Gasteiger partial charge in [-0.3, -0.25) is 4.90 Å². The highest BCUT2D eigenvalue weighted by atomic mass is 16.5. The summed E-state index contributed by atoms with van der Waals surface area (Å²) in [5.41, 5.74) is 1.63. The maximum absolute atomic E-state index is 5.25. The van der Waals surface area contributed by atoms with Crippen molar-refractivity contribution in [3.05, 3.63) is 29.8 Å². The number of ether oxygens (including phenoxy) is 1. The number of hydrogen-bond donors (Lipinski definition) is 1. The first-order valence-electron chi connectivity index (χ1n) is 7.57. The molecule has 0 radical (unpaired) electrons. The minimum absolute atomic E-state index is 0.307. The summed E-state index contributed by atoms with van der Waals surface area (Å²) in [6.45, 7) is 8.25. The molecule has 3 heteroatoms. The van der Waals surface area contributed by atoms with Gasteiger partial charge in [0.25, 0.3) is 0 Å². The van der Waals surface area contributed by atoms with Gasteiger partial charge in [-0.15, -0.1) is 0 Å². The van der Waals surface area contributed by atoms with Gasteiger partial charge in [0.05, 0.1) is 7.11 Å². The van der Waals surface area contributed by atoms with Gasteiger partial charge in [0.2, 0.25) is 0 Å². The molecule has 0 aromatic heterocycles. The number of likely N-dealkylation sites (tertiary alicyclic amines) is 1. The van der Waals surface area contributed by atoms with Crippen molar-refractivity contribution in [1.82, 2.24) is 10.2 Å². The molecule has 1 aliphatic heterocycles. The summed E-state index contributed by atoms with van der Waals surface area (Å²) < 4.78 is 5.25. The van der Waals surface area contributed by atoms with Crippen molar-refractivity contribution >= 4 is 0 Å². The molecule has 0 bridgehead atoms. The highest BCUT2D eigenvalue weighted by Gasteiger charge is 2.37. The molecule has 0 amide bonds. The Bertz CT molecular complexity index is 427. The third-order valence-electron chi connectivity index (χ3n) is 4.73. The Balaban J connectivity index is 2.18. The smallest absolute Gasteiger partial charge is 0.118 e. The summed E-state index contributed by atoms with van der Waals surface area (Å²) in [6.07, 6.45) is 2.59. The van der Waals surface area contributed by atoms with E-state index in [0.717, 1.165) is 5.75 Å². The van der Waals surface area contributed by atoms with E-state index in [4.69, 9.17) is 4.74 Å². The zero-order chi connectivity index (χ0) is 14.8. The van der Waals surface area contributed by atoms with Crippen LogP contribution in [0.5, 0.6) is 5.75 Å². The Morgan fingerprint density at radius 3 is 2.35 bits per heavy atom. The molecule has 2 unspecified atom stereocenters. The molecular formula is C17H28N2O. The van der Waals surface area contributed by atoms with Crippen LogP contribution in [-0.4, -0.2) is 37.2 Å². The van der Waals surface area contributed by atoms with Crippen LogP contribution in [0.3, 0.4) is 0 Å². The second kappa shape index (κ2) is 6.15. The maximum Gasteiger partial charge on any atom is 0.118 e. The molecule has 2 atom stereocenters. The molecule has 112 valence electrons. The fourth-order valence-electron chi connectivity index (χ4n) is 3.56. The number of nitrogens with zero attached hydrogens (tertiary/aromatic N) is 1. The van der Waals surface area contributed by atoms with Gasteiger partial charge >= 0.3 is 0 Å². The first-order chi connectivity index (χ1) is 9.49. The van der Waals surface area contributed by atoms with E-state index in [2.05, 4.69) is 50.2 Å². The van der Waals surface area contributed by atoms with Crippen LogP contribution < -0.4 is 10.1 Å². The molecule has 1 N–H and O–H groups in total. The fraction of sp³-hybridized carbons (Fsp3) is 0.647. The van der Waals surface area contributed by atoms with E-state index >= 15 is 0 Å². The molecule has 0 saturated carbocycles. The van der Waals surface area contributed by atoms with E-state index in [1.165, 1.54) is 24.9 Å². The first-order valence-corrected chi connectivity index (χ1v) is 7.57. The molecule has 1 fully saturated rings. The number of likely N-dealkylation sites (N-methyl/N-ethyl adjacent to an activating group) is 1. The normalized spacial score (nSPS) is 21.6. The van der Waals surface area contributed by atoms with Crippen molar-refractivity contribution in [2.24, 2.45) is 0 Å². The average Bonchev–Trinajstić information content (AvgIpc) is 2.79. The van der Waals surface area contributed by atoms with Crippen LogP contribution in [0.15, 0.2) is 24.3 Å². The van der Waals surface area contributed by atoms with Gasteiger partial charge < -0.3 is 10.1 Å². The van der Waals surface area contributed by atoms with Crippen LogP contribution in [0.2, 0.25) is 0 Å². The van der Waals surface area contributed by atoms with Crippen molar-refractivity contribution in [2.45, 2.75) is 51.2 Å². The van der Waals surface area contributed by atoms with Crippen molar-refractivity contribution in [3.63, 3.8) is 0 Å².